The predicted octanol–water partition coefficient (Wildman–Crippen LogP) is 14.7. The summed E-state index contributed by atoms with van der Waals surface area (Å²) in [5.41, 5.74) is 20.6. The molecule has 3 heterocycles. The van der Waals surface area contributed by atoms with Gasteiger partial charge in [0.1, 0.15) is 11.0 Å². The quantitative estimate of drug-likeness (QED) is 0.174. The average molecular weight is 796 g/mol. The molecule has 292 valence electrons. The van der Waals surface area contributed by atoms with E-state index in [1.165, 1.54) is 56.0 Å². The number of hydrogen-bond donors (Lipinski definition) is 0. The highest BCUT2D eigenvalue weighted by Gasteiger charge is 2.52. The molecule has 5 nitrogen and oxygen atoms in total. The molecule has 8 aromatic carbocycles. The molecule has 1 unspecified atom stereocenters. The van der Waals surface area contributed by atoms with Crippen molar-refractivity contribution in [2.24, 2.45) is 0 Å². The monoisotopic (exact) mass is 795 g/mol. The predicted molar refractivity (Wildman–Crippen MR) is 249 cm³/mol. The maximum Gasteiger partial charge on any atom is 0.227 e. The van der Waals surface area contributed by atoms with Crippen molar-refractivity contribution in [1.82, 2.24) is 9.97 Å². The van der Waals surface area contributed by atoms with Gasteiger partial charge in [-0.15, -0.1) is 0 Å². The van der Waals surface area contributed by atoms with Gasteiger partial charge in [-0.2, -0.15) is 0 Å². The van der Waals surface area contributed by atoms with Crippen LogP contribution < -0.4 is 4.90 Å². The maximum atomic E-state index is 6.28. The molecule has 0 saturated carbocycles. The zero-order valence-electron chi connectivity index (χ0n) is 33.6. The van der Waals surface area contributed by atoms with Crippen molar-refractivity contribution in [1.29, 1.82) is 0 Å². The number of anilines is 2. The zero-order valence-corrected chi connectivity index (χ0v) is 33.6. The van der Waals surface area contributed by atoms with Crippen molar-refractivity contribution in [2.75, 3.05) is 4.90 Å². The Bertz CT molecular complexity index is 3320. The highest BCUT2D eigenvalue weighted by molar-refractivity contribution is 5.94. The third-order valence-corrected chi connectivity index (χ3v) is 13.0. The lowest BCUT2D eigenvalue weighted by molar-refractivity contribution is 0.617. The lowest BCUT2D eigenvalue weighted by atomic mass is 9.63. The first-order chi connectivity index (χ1) is 30.7. The van der Waals surface area contributed by atoms with Gasteiger partial charge < -0.3 is 13.7 Å². The van der Waals surface area contributed by atoms with Gasteiger partial charge in [-0.3, -0.25) is 0 Å². The lowest BCUT2D eigenvalue weighted by Gasteiger charge is -2.47. The molecule has 1 atom stereocenters. The normalized spacial score (nSPS) is 16.2. The van der Waals surface area contributed by atoms with Gasteiger partial charge in [0.2, 0.25) is 11.8 Å². The van der Waals surface area contributed by atoms with Gasteiger partial charge in [-0.25, -0.2) is 9.97 Å². The third-order valence-electron chi connectivity index (χ3n) is 13.0. The van der Waals surface area contributed by atoms with Gasteiger partial charge in [0, 0.05) is 22.5 Å². The van der Waals surface area contributed by atoms with Crippen LogP contribution >= 0.6 is 0 Å². The molecule has 0 fully saturated rings. The summed E-state index contributed by atoms with van der Waals surface area (Å²) in [4.78, 5) is 12.2. The van der Waals surface area contributed by atoms with Crippen LogP contribution in [0.25, 0.3) is 78.5 Å². The molecule has 1 spiro atoms. The Balaban J connectivity index is 0.930. The standard InChI is InChI=1S/C57H37N3O2/c1-2-14-42(15-3-1)60-51-22-10-6-18-47(51)57(48-19-7-11-23-52(48)60)45-17-5-4-16-43(45)44-35-38(30-31-46(44)57)36-26-28-37(29-27-36)39-32-40(55-58-49-20-8-12-24-53(49)61-55)34-41(33-39)56-59-50-21-9-13-25-54(50)62-56/h1-10,12-22,24-35H,11,23H2. The molecule has 5 heteroatoms. The zero-order chi connectivity index (χ0) is 40.8. The minimum atomic E-state index is -0.436. The molecule has 10 aromatic rings. The number of nitrogens with zero attached hydrogens (tertiary/aromatic N) is 3. The van der Waals surface area contributed by atoms with E-state index in [1.54, 1.807) is 0 Å². The molecular weight excluding hydrogens is 759 g/mol. The van der Waals surface area contributed by atoms with Crippen LogP contribution in [0.5, 0.6) is 0 Å². The second-order valence-electron chi connectivity index (χ2n) is 16.4. The number of fused-ring (bicyclic) bond motifs is 10. The number of para-hydroxylation sites is 6. The largest absolute Gasteiger partial charge is 0.436 e. The number of oxazole rings is 2. The first kappa shape index (κ1) is 34.8. The van der Waals surface area contributed by atoms with Crippen LogP contribution in [0, 0.1) is 0 Å². The summed E-state index contributed by atoms with van der Waals surface area (Å²) < 4.78 is 12.6. The molecule has 0 saturated heterocycles. The maximum absolute atomic E-state index is 6.28. The van der Waals surface area contributed by atoms with Crippen LogP contribution in [0.1, 0.15) is 29.5 Å². The molecule has 1 aliphatic heterocycles. The van der Waals surface area contributed by atoms with Crippen molar-refractivity contribution in [3.8, 4) is 56.3 Å². The second kappa shape index (κ2) is 13.5. The highest BCUT2D eigenvalue weighted by atomic mass is 16.4. The smallest absolute Gasteiger partial charge is 0.227 e. The molecule has 13 rings (SSSR count). The summed E-state index contributed by atoms with van der Waals surface area (Å²) >= 11 is 0. The van der Waals surface area contributed by atoms with Gasteiger partial charge in [-0.1, -0.05) is 133 Å². The molecule has 0 radical (unpaired) electrons. The Morgan fingerprint density at radius 3 is 1.73 bits per heavy atom. The topological polar surface area (TPSA) is 55.3 Å². The fourth-order valence-electron chi connectivity index (χ4n) is 10.3. The first-order valence-corrected chi connectivity index (χ1v) is 21.3. The van der Waals surface area contributed by atoms with E-state index in [0.29, 0.717) is 11.8 Å². The van der Waals surface area contributed by atoms with Gasteiger partial charge in [0.05, 0.1) is 11.1 Å². The Hall–Kier alpha value is -8.02. The summed E-state index contributed by atoms with van der Waals surface area (Å²) in [5, 5.41) is 0. The Labute approximate surface area is 358 Å². The van der Waals surface area contributed by atoms with E-state index >= 15 is 0 Å². The Kier molecular flexibility index (Phi) is 7.58. The summed E-state index contributed by atoms with van der Waals surface area (Å²) in [6.45, 7) is 0. The minimum absolute atomic E-state index is 0.436. The number of benzene rings is 8. The number of rotatable bonds is 5. The van der Waals surface area contributed by atoms with E-state index in [4.69, 9.17) is 18.8 Å². The third kappa shape index (κ3) is 5.15. The van der Waals surface area contributed by atoms with E-state index in [0.717, 1.165) is 62.9 Å². The number of aromatic nitrogens is 2. The summed E-state index contributed by atoms with van der Waals surface area (Å²) in [5.74, 6) is 1.11. The average Bonchev–Trinajstić information content (AvgIpc) is 4.06. The lowest BCUT2D eigenvalue weighted by Crippen LogP contribution is -2.39. The molecule has 0 amide bonds. The molecule has 0 N–H and O–H groups in total. The summed E-state index contributed by atoms with van der Waals surface area (Å²) in [6.07, 6.45) is 6.78. The van der Waals surface area contributed by atoms with Gasteiger partial charge in [-0.05, 0) is 135 Å². The molecule has 62 heavy (non-hydrogen) atoms. The highest BCUT2D eigenvalue weighted by Crippen LogP contribution is 2.63. The van der Waals surface area contributed by atoms with Crippen LogP contribution in [0.3, 0.4) is 0 Å². The van der Waals surface area contributed by atoms with Crippen LogP contribution in [-0.4, -0.2) is 9.97 Å². The van der Waals surface area contributed by atoms with Crippen molar-refractivity contribution < 1.29 is 8.83 Å². The van der Waals surface area contributed by atoms with Crippen LogP contribution in [0.4, 0.5) is 11.4 Å². The fraction of sp³-hybridized carbons (Fsp3) is 0.0526. The van der Waals surface area contributed by atoms with E-state index < -0.39 is 5.41 Å². The summed E-state index contributed by atoms with van der Waals surface area (Å²) in [6, 6.07) is 67.0. The van der Waals surface area contributed by atoms with Crippen molar-refractivity contribution in [3.63, 3.8) is 0 Å². The Morgan fingerprint density at radius 2 is 1.02 bits per heavy atom. The minimum Gasteiger partial charge on any atom is -0.436 e. The van der Waals surface area contributed by atoms with Crippen LogP contribution in [-0.2, 0) is 5.41 Å². The van der Waals surface area contributed by atoms with E-state index in [-0.39, 0.29) is 0 Å². The van der Waals surface area contributed by atoms with E-state index in [1.807, 2.05) is 48.5 Å². The van der Waals surface area contributed by atoms with Crippen molar-refractivity contribution in [3.05, 3.63) is 228 Å². The SMILES string of the molecule is C1=CC2=C(CC1)N(c1ccccc1)c1ccccc1C21c2ccccc2-c2cc(-c3ccc(-c4cc(-c5nc6ccccc6o5)cc(-c5nc6ccccc6o5)c4)cc3)ccc21. The summed E-state index contributed by atoms with van der Waals surface area (Å²) in [7, 11) is 0. The Morgan fingerprint density at radius 1 is 0.452 bits per heavy atom. The fourth-order valence-corrected chi connectivity index (χ4v) is 10.3. The van der Waals surface area contributed by atoms with Crippen LogP contribution in [0.2, 0.25) is 0 Å². The number of hydrogen-bond acceptors (Lipinski definition) is 5. The van der Waals surface area contributed by atoms with Gasteiger partial charge >= 0.3 is 0 Å². The van der Waals surface area contributed by atoms with Gasteiger partial charge in [0.25, 0.3) is 0 Å². The molecular formula is C57H37N3O2. The molecule has 2 aliphatic carbocycles. The van der Waals surface area contributed by atoms with Crippen molar-refractivity contribution in [2.45, 2.75) is 18.3 Å². The van der Waals surface area contributed by atoms with E-state index in [2.05, 4.69) is 157 Å². The molecule has 0 bridgehead atoms. The van der Waals surface area contributed by atoms with E-state index in [9.17, 15) is 0 Å². The van der Waals surface area contributed by atoms with Gasteiger partial charge in [0.15, 0.2) is 11.2 Å². The molecule has 3 aliphatic rings. The van der Waals surface area contributed by atoms with Crippen molar-refractivity contribution >= 4 is 33.6 Å². The number of allylic oxidation sites excluding steroid dienone is 4. The van der Waals surface area contributed by atoms with Crippen LogP contribution in [0.15, 0.2) is 220 Å². The molecule has 2 aromatic heterocycles. The first-order valence-electron chi connectivity index (χ1n) is 21.3. The second-order valence-corrected chi connectivity index (χ2v) is 16.4.